The second-order valence-electron chi connectivity index (χ2n) is 4.85. The van der Waals surface area contributed by atoms with E-state index in [1.54, 1.807) is 31.2 Å². The van der Waals surface area contributed by atoms with E-state index in [0.717, 1.165) is 5.56 Å². The van der Waals surface area contributed by atoms with Crippen LogP contribution in [-0.2, 0) is 19.9 Å². The Morgan fingerprint density at radius 3 is 2.32 bits per heavy atom. The average molecular weight is 303 g/mol. The Labute approximate surface area is 114 Å². The number of sulfone groups is 1. The molecule has 1 fully saturated rings. The molecule has 0 aliphatic carbocycles. The molecule has 1 heterocycles. The fourth-order valence-electron chi connectivity index (χ4n) is 2.00. The summed E-state index contributed by atoms with van der Waals surface area (Å²) in [6.45, 7) is 3.49. The fourth-order valence-corrected chi connectivity index (χ4v) is 5.02. The van der Waals surface area contributed by atoms with Gasteiger partial charge in [-0.05, 0) is 26.0 Å². The van der Waals surface area contributed by atoms with E-state index >= 15 is 0 Å². The maximum absolute atomic E-state index is 12.4. The number of benzene rings is 1. The number of hydrogen-bond donors (Lipinski definition) is 0. The zero-order valence-corrected chi connectivity index (χ0v) is 12.5. The number of rotatable bonds is 2. The van der Waals surface area contributed by atoms with Gasteiger partial charge < -0.3 is 0 Å². The second kappa shape index (κ2) is 4.88. The van der Waals surface area contributed by atoms with Crippen molar-refractivity contribution in [2.24, 2.45) is 0 Å². The van der Waals surface area contributed by atoms with E-state index in [4.69, 9.17) is 0 Å². The molecule has 1 saturated heterocycles. The molecule has 7 heteroatoms. The predicted molar refractivity (Wildman–Crippen MR) is 73.2 cm³/mol. The van der Waals surface area contributed by atoms with E-state index in [9.17, 15) is 16.8 Å². The topological polar surface area (TPSA) is 71.5 Å². The highest BCUT2D eigenvalue weighted by Crippen LogP contribution is 2.21. The minimum Gasteiger partial charge on any atom is -0.228 e. The lowest BCUT2D eigenvalue weighted by Crippen LogP contribution is -2.47. The van der Waals surface area contributed by atoms with Gasteiger partial charge in [0.2, 0.25) is 10.0 Å². The molecule has 2 rings (SSSR count). The molecule has 106 valence electrons. The van der Waals surface area contributed by atoms with Gasteiger partial charge in [-0.3, -0.25) is 0 Å². The number of nitrogens with zero attached hydrogens (tertiary/aromatic N) is 1. The van der Waals surface area contributed by atoms with Gasteiger partial charge in [0.25, 0.3) is 0 Å². The third kappa shape index (κ3) is 2.82. The van der Waals surface area contributed by atoms with Crippen LogP contribution in [0, 0.1) is 6.92 Å². The van der Waals surface area contributed by atoms with E-state index in [1.807, 2.05) is 6.92 Å². The number of sulfonamides is 1. The molecular weight excluding hydrogens is 286 g/mol. The van der Waals surface area contributed by atoms with Crippen molar-refractivity contribution >= 4 is 19.9 Å². The summed E-state index contributed by atoms with van der Waals surface area (Å²) < 4.78 is 49.3. The van der Waals surface area contributed by atoms with Gasteiger partial charge >= 0.3 is 0 Å². The molecule has 1 aromatic rings. The van der Waals surface area contributed by atoms with Gasteiger partial charge in [-0.25, -0.2) is 16.8 Å². The number of aryl methyl sites for hydroxylation is 1. The van der Waals surface area contributed by atoms with E-state index in [2.05, 4.69) is 0 Å². The summed E-state index contributed by atoms with van der Waals surface area (Å²) in [5, 5.41) is -0.651. The molecule has 0 aromatic heterocycles. The van der Waals surface area contributed by atoms with Crippen molar-refractivity contribution in [3.63, 3.8) is 0 Å². The molecule has 5 nitrogen and oxygen atoms in total. The first kappa shape index (κ1) is 14.5. The Kier molecular flexibility index (Phi) is 3.72. The molecule has 0 radical (unpaired) electrons. The van der Waals surface area contributed by atoms with Gasteiger partial charge in [0.05, 0.1) is 15.9 Å². The third-order valence-electron chi connectivity index (χ3n) is 3.36. The number of hydrogen-bond acceptors (Lipinski definition) is 4. The van der Waals surface area contributed by atoms with Gasteiger partial charge in [-0.1, -0.05) is 17.7 Å². The van der Waals surface area contributed by atoms with Gasteiger partial charge in [-0.15, -0.1) is 0 Å². The highest BCUT2D eigenvalue weighted by atomic mass is 32.2. The van der Waals surface area contributed by atoms with Gasteiger partial charge in [0, 0.05) is 13.1 Å². The SMILES string of the molecule is Cc1ccc(S(=O)(=O)N2CCS(=O)(=O)[C@@H](C)C2)cc1. The van der Waals surface area contributed by atoms with Crippen LogP contribution in [0.1, 0.15) is 12.5 Å². The van der Waals surface area contributed by atoms with Crippen molar-refractivity contribution in [3.05, 3.63) is 29.8 Å². The maximum atomic E-state index is 12.4. The molecule has 0 spiro atoms. The summed E-state index contributed by atoms with van der Waals surface area (Å²) in [7, 11) is -6.74. The first-order valence-electron chi connectivity index (χ1n) is 6.02. The molecule has 0 saturated carbocycles. The second-order valence-corrected chi connectivity index (χ2v) is 9.33. The predicted octanol–water partition coefficient (Wildman–Crippen LogP) is 0.803. The first-order chi connectivity index (χ1) is 8.73. The van der Waals surface area contributed by atoms with Crippen LogP contribution >= 0.6 is 0 Å². The van der Waals surface area contributed by atoms with Gasteiger partial charge in [-0.2, -0.15) is 4.31 Å². The molecule has 0 bridgehead atoms. The van der Waals surface area contributed by atoms with E-state index in [1.165, 1.54) is 4.31 Å². The highest BCUT2D eigenvalue weighted by molar-refractivity contribution is 7.92. The van der Waals surface area contributed by atoms with Crippen molar-refractivity contribution in [2.45, 2.75) is 24.0 Å². The van der Waals surface area contributed by atoms with Crippen molar-refractivity contribution in [1.82, 2.24) is 4.31 Å². The lowest BCUT2D eigenvalue weighted by Gasteiger charge is -2.30. The zero-order valence-electron chi connectivity index (χ0n) is 10.9. The van der Waals surface area contributed by atoms with Crippen LogP contribution in [0.2, 0.25) is 0 Å². The Hall–Kier alpha value is -0.920. The van der Waals surface area contributed by atoms with E-state index < -0.39 is 25.1 Å². The molecular formula is C12H17NO4S2. The van der Waals surface area contributed by atoms with Gasteiger partial charge in [0.1, 0.15) is 0 Å². The van der Waals surface area contributed by atoms with Crippen molar-refractivity contribution < 1.29 is 16.8 Å². The lowest BCUT2D eigenvalue weighted by molar-refractivity contribution is 0.407. The molecule has 19 heavy (non-hydrogen) atoms. The molecule has 0 unspecified atom stereocenters. The lowest BCUT2D eigenvalue weighted by atomic mass is 10.2. The van der Waals surface area contributed by atoms with E-state index in [0.29, 0.717) is 0 Å². The standard InChI is InChI=1S/C12H17NO4S2/c1-10-3-5-12(6-4-10)19(16,17)13-7-8-18(14,15)11(2)9-13/h3-6,11H,7-9H2,1-2H3/t11-/m0/s1. The largest absolute Gasteiger partial charge is 0.243 e. The minimum absolute atomic E-state index is 0.0263. The van der Waals surface area contributed by atoms with Crippen LogP contribution in [0.25, 0.3) is 0 Å². The Morgan fingerprint density at radius 2 is 1.79 bits per heavy atom. The minimum atomic E-state index is -3.59. The first-order valence-corrected chi connectivity index (χ1v) is 9.17. The molecule has 1 aliphatic rings. The normalized spacial score (nSPS) is 24.2. The maximum Gasteiger partial charge on any atom is 0.243 e. The highest BCUT2D eigenvalue weighted by Gasteiger charge is 2.35. The summed E-state index contributed by atoms with van der Waals surface area (Å²) >= 11 is 0. The van der Waals surface area contributed by atoms with Gasteiger partial charge in [0.15, 0.2) is 9.84 Å². The van der Waals surface area contributed by atoms with Crippen LogP contribution in [-0.4, -0.2) is 45.2 Å². The fraction of sp³-hybridized carbons (Fsp3) is 0.500. The summed E-state index contributed by atoms with van der Waals surface area (Å²) in [5.41, 5.74) is 0.980. The third-order valence-corrected chi connectivity index (χ3v) is 7.36. The van der Waals surface area contributed by atoms with Crippen molar-refractivity contribution in [2.75, 3.05) is 18.8 Å². The Morgan fingerprint density at radius 1 is 1.21 bits per heavy atom. The molecule has 1 aliphatic heterocycles. The van der Waals surface area contributed by atoms with Crippen LogP contribution < -0.4 is 0 Å². The molecule has 1 aromatic carbocycles. The molecule has 1 atom stereocenters. The summed E-state index contributed by atoms with van der Waals surface area (Å²) in [4.78, 5) is 0.213. The van der Waals surface area contributed by atoms with Crippen molar-refractivity contribution in [1.29, 1.82) is 0 Å². The van der Waals surface area contributed by atoms with Crippen LogP contribution in [0.5, 0.6) is 0 Å². The van der Waals surface area contributed by atoms with Crippen LogP contribution in [0.3, 0.4) is 0 Å². The van der Waals surface area contributed by atoms with Crippen LogP contribution in [0.15, 0.2) is 29.2 Å². The molecule has 0 N–H and O–H groups in total. The van der Waals surface area contributed by atoms with Crippen LogP contribution in [0.4, 0.5) is 0 Å². The smallest absolute Gasteiger partial charge is 0.228 e. The average Bonchev–Trinajstić information content (AvgIpc) is 2.33. The Bertz CT molecular complexity index is 662. The van der Waals surface area contributed by atoms with E-state index in [-0.39, 0.29) is 23.7 Å². The zero-order chi connectivity index (χ0) is 14.3. The summed E-state index contributed by atoms with van der Waals surface area (Å²) in [5.74, 6) is -0.112. The molecule has 0 amide bonds. The Balaban J connectivity index is 2.29. The quantitative estimate of drug-likeness (QED) is 0.810. The summed E-state index contributed by atoms with van der Waals surface area (Å²) in [6.07, 6.45) is 0. The monoisotopic (exact) mass is 303 g/mol. The van der Waals surface area contributed by atoms with Crippen molar-refractivity contribution in [3.8, 4) is 0 Å². The summed E-state index contributed by atoms with van der Waals surface area (Å²) in [6, 6.07) is 6.57.